The molecular weight excluding hydrogens is 220 g/mol. The van der Waals surface area contributed by atoms with Gasteiger partial charge in [-0.25, -0.2) is 4.79 Å². The number of carbonyl (C=O) groups is 2. The monoisotopic (exact) mass is 242 g/mol. The van der Waals surface area contributed by atoms with Gasteiger partial charge in [0.05, 0.1) is 5.92 Å². The van der Waals surface area contributed by atoms with Crippen molar-refractivity contribution in [1.29, 1.82) is 0 Å². The number of rotatable bonds is 3. The van der Waals surface area contributed by atoms with Crippen molar-refractivity contribution in [3.63, 3.8) is 0 Å². The second kappa shape index (κ2) is 5.38. The minimum atomic E-state index is -0.884. The van der Waals surface area contributed by atoms with Crippen LogP contribution in [0.25, 0.3) is 0 Å². The number of hydrogen-bond acceptors (Lipinski definition) is 2. The Kier molecular flexibility index (Phi) is 4.37. The molecule has 0 saturated carbocycles. The Hall–Kier alpha value is -1.26. The van der Waals surface area contributed by atoms with Crippen molar-refractivity contribution in [2.75, 3.05) is 19.6 Å². The summed E-state index contributed by atoms with van der Waals surface area (Å²) in [5.74, 6) is -1.43. The molecule has 0 spiro atoms. The molecule has 0 aromatic rings. The van der Waals surface area contributed by atoms with Crippen LogP contribution in [-0.4, -0.2) is 41.6 Å². The van der Waals surface area contributed by atoms with Crippen LogP contribution < -0.4 is 5.32 Å². The average Bonchev–Trinajstić information content (AvgIpc) is 2.25. The van der Waals surface area contributed by atoms with Crippen LogP contribution in [-0.2, 0) is 4.79 Å². The molecule has 1 aliphatic heterocycles. The molecule has 0 bridgehead atoms. The first-order chi connectivity index (χ1) is 7.82. The van der Waals surface area contributed by atoms with Crippen molar-refractivity contribution in [3.05, 3.63) is 0 Å². The number of likely N-dealkylation sites (tertiary alicyclic amines) is 1. The number of carboxylic acid groups (broad SMARTS) is 1. The topological polar surface area (TPSA) is 69.6 Å². The average molecular weight is 242 g/mol. The number of nitrogens with one attached hydrogen (secondary N) is 1. The highest BCUT2D eigenvalue weighted by molar-refractivity contribution is 5.76. The molecule has 1 rings (SSSR count). The van der Waals surface area contributed by atoms with E-state index in [1.807, 2.05) is 0 Å². The number of urea groups is 1. The molecule has 0 aromatic heterocycles. The van der Waals surface area contributed by atoms with Crippen molar-refractivity contribution in [2.24, 2.45) is 11.3 Å². The van der Waals surface area contributed by atoms with Crippen LogP contribution in [0.4, 0.5) is 4.79 Å². The lowest BCUT2D eigenvalue weighted by Gasteiger charge is -2.36. The molecule has 0 aliphatic carbocycles. The smallest absolute Gasteiger partial charge is 0.317 e. The summed E-state index contributed by atoms with van der Waals surface area (Å²) in [6.45, 7) is 7.68. The summed E-state index contributed by atoms with van der Waals surface area (Å²) in [7, 11) is 0. The van der Waals surface area contributed by atoms with Crippen LogP contribution >= 0.6 is 0 Å². The fraction of sp³-hybridized carbons (Fsp3) is 0.833. The zero-order valence-electron chi connectivity index (χ0n) is 10.8. The van der Waals surface area contributed by atoms with Gasteiger partial charge in [0.2, 0.25) is 0 Å². The molecule has 1 saturated heterocycles. The largest absolute Gasteiger partial charge is 0.481 e. The first-order valence-corrected chi connectivity index (χ1v) is 6.07. The van der Waals surface area contributed by atoms with Gasteiger partial charge in [-0.1, -0.05) is 20.8 Å². The van der Waals surface area contributed by atoms with E-state index in [4.69, 9.17) is 5.11 Å². The van der Waals surface area contributed by atoms with Crippen LogP contribution in [0.1, 0.15) is 33.6 Å². The number of amides is 2. The van der Waals surface area contributed by atoms with Gasteiger partial charge in [-0.2, -0.15) is 0 Å². The van der Waals surface area contributed by atoms with E-state index in [1.165, 1.54) is 0 Å². The highest BCUT2D eigenvalue weighted by Gasteiger charge is 2.27. The molecule has 1 atom stereocenters. The van der Waals surface area contributed by atoms with Crippen LogP contribution in [0.15, 0.2) is 0 Å². The summed E-state index contributed by atoms with van der Waals surface area (Å²) in [6, 6.07) is -0.145. The molecule has 1 heterocycles. The molecule has 1 aliphatic rings. The predicted octanol–water partition coefficient (Wildman–Crippen LogP) is 1.54. The molecule has 98 valence electrons. The third-order valence-electron chi connectivity index (χ3n) is 3.39. The lowest BCUT2D eigenvalue weighted by Crippen LogP contribution is -2.47. The van der Waals surface area contributed by atoms with E-state index >= 15 is 0 Å². The fourth-order valence-corrected chi connectivity index (χ4v) is 1.75. The fourth-order valence-electron chi connectivity index (χ4n) is 1.75. The molecule has 1 unspecified atom stereocenters. The van der Waals surface area contributed by atoms with Gasteiger partial charge in [-0.3, -0.25) is 4.79 Å². The molecule has 0 radical (unpaired) electrons. The van der Waals surface area contributed by atoms with E-state index in [9.17, 15) is 9.59 Å². The zero-order chi connectivity index (χ0) is 13.1. The third-order valence-corrected chi connectivity index (χ3v) is 3.39. The minimum Gasteiger partial charge on any atom is -0.481 e. The lowest BCUT2D eigenvalue weighted by atomic mass is 9.83. The normalized spacial score (nSPS) is 20.8. The Balaban J connectivity index is 2.32. The SMILES string of the molecule is CC(CNC(=O)N1CCC(C)(C)CC1)C(=O)O. The summed E-state index contributed by atoms with van der Waals surface area (Å²) in [5.41, 5.74) is 0.311. The molecule has 2 amide bonds. The van der Waals surface area contributed by atoms with Gasteiger partial charge in [0, 0.05) is 19.6 Å². The maximum Gasteiger partial charge on any atom is 0.317 e. The van der Waals surface area contributed by atoms with Crippen molar-refractivity contribution >= 4 is 12.0 Å². The summed E-state index contributed by atoms with van der Waals surface area (Å²) in [6.07, 6.45) is 1.99. The van der Waals surface area contributed by atoms with Gasteiger partial charge in [-0.15, -0.1) is 0 Å². The molecule has 0 aromatic carbocycles. The number of piperidine rings is 1. The van der Waals surface area contributed by atoms with Gasteiger partial charge in [0.15, 0.2) is 0 Å². The van der Waals surface area contributed by atoms with Gasteiger partial charge in [0.25, 0.3) is 0 Å². The quantitative estimate of drug-likeness (QED) is 0.788. The Bertz CT molecular complexity index is 292. The molecule has 17 heavy (non-hydrogen) atoms. The lowest BCUT2D eigenvalue weighted by molar-refractivity contribution is -0.140. The summed E-state index contributed by atoms with van der Waals surface area (Å²) >= 11 is 0. The van der Waals surface area contributed by atoms with E-state index in [0.29, 0.717) is 5.41 Å². The number of hydrogen-bond donors (Lipinski definition) is 2. The Labute approximate surface area is 102 Å². The minimum absolute atomic E-state index is 0.145. The maximum absolute atomic E-state index is 11.8. The van der Waals surface area contributed by atoms with Crippen molar-refractivity contribution in [3.8, 4) is 0 Å². The number of carboxylic acids is 1. The Morgan fingerprint density at radius 2 is 1.88 bits per heavy atom. The molecular formula is C12H22N2O3. The molecule has 5 nitrogen and oxygen atoms in total. The second-order valence-corrected chi connectivity index (χ2v) is 5.58. The highest BCUT2D eigenvalue weighted by atomic mass is 16.4. The summed E-state index contributed by atoms with van der Waals surface area (Å²) < 4.78 is 0. The van der Waals surface area contributed by atoms with Gasteiger partial charge < -0.3 is 15.3 Å². The van der Waals surface area contributed by atoms with E-state index in [-0.39, 0.29) is 12.6 Å². The van der Waals surface area contributed by atoms with Crippen LogP contribution in [0.3, 0.4) is 0 Å². The van der Waals surface area contributed by atoms with E-state index in [0.717, 1.165) is 25.9 Å². The predicted molar refractivity (Wildman–Crippen MR) is 64.8 cm³/mol. The third kappa shape index (κ3) is 4.24. The first-order valence-electron chi connectivity index (χ1n) is 6.07. The van der Waals surface area contributed by atoms with Crippen LogP contribution in [0.2, 0.25) is 0 Å². The van der Waals surface area contributed by atoms with Gasteiger partial charge >= 0.3 is 12.0 Å². The standard InChI is InChI=1S/C12H22N2O3/c1-9(10(15)16)8-13-11(17)14-6-4-12(2,3)5-7-14/h9H,4-8H2,1-3H3,(H,13,17)(H,15,16). The summed E-state index contributed by atoms with van der Waals surface area (Å²) in [5, 5.41) is 11.4. The van der Waals surface area contributed by atoms with E-state index in [1.54, 1.807) is 11.8 Å². The summed E-state index contributed by atoms with van der Waals surface area (Å²) in [4.78, 5) is 24.1. The van der Waals surface area contributed by atoms with Gasteiger partial charge in [-0.05, 0) is 18.3 Å². The maximum atomic E-state index is 11.8. The first kappa shape index (κ1) is 13.8. The number of nitrogens with zero attached hydrogens (tertiary/aromatic N) is 1. The number of aliphatic carboxylic acids is 1. The highest BCUT2D eigenvalue weighted by Crippen LogP contribution is 2.29. The zero-order valence-corrected chi connectivity index (χ0v) is 10.8. The van der Waals surface area contributed by atoms with Crippen LogP contribution in [0, 0.1) is 11.3 Å². The number of carbonyl (C=O) groups excluding carboxylic acids is 1. The Morgan fingerprint density at radius 3 is 2.35 bits per heavy atom. The Morgan fingerprint density at radius 1 is 1.35 bits per heavy atom. The molecule has 1 fully saturated rings. The van der Waals surface area contributed by atoms with Crippen molar-refractivity contribution in [1.82, 2.24) is 10.2 Å². The van der Waals surface area contributed by atoms with Crippen LogP contribution in [0.5, 0.6) is 0 Å². The second-order valence-electron chi connectivity index (χ2n) is 5.58. The van der Waals surface area contributed by atoms with Crippen molar-refractivity contribution < 1.29 is 14.7 Å². The molecule has 5 heteroatoms. The molecule has 2 N–H and O–H groups in total. The van der Waals surface area contributed by atoms with E-state index in [2.05, 4.69) is 19.2 Å². The van der Waals surface area contributed by atoms with Crippen molar-refractivity contribution in [2.45, 2.75) is 33.6 Å². The van der Waals surface area contributed by atoms with E-state index < -0.39 is 11.9 Å². The van der Waals surface area contributed by atoms with Gasteiger partial charge in [0.1, 0.15) is 0 Å².